The van der Waals surface area contributed by atoms with E-state index in [4.69, 9.17) is 15.6 Å². The van der Waals surface area contributed by atoms with Gasteiger partial charge < -0.3 is 15.6 Å². The molecule has 0 spiro atoms. The van der Waals surface area contributed by atoms with Crippen molar-refractivity contribution in [2.45, 2.75) is 25.8 Å². The molecule has 0 aliphatic heterocycles. The number of hydrogen-bond donors (Lipinski definition) is 2. The van der Waals surface area contributed by atoms with Gasteiger partial charge in [-0.05, 0) is 12.3 Å². The van der Waals surface area contributed by atoms with E-state index < -0.39 is 12.0 Å². The van der Waals surface area contributed by atoms with Crippen LogP contribution in [-0.2, 0) is 14.3 Å². The predicted molar refractivity (Wildman–Crippen MR) is 55.2 cm³/mol. The van der Waals surface area contributed by atoms with Crippen molar-refractivity contribution in [1.29, 1.82) is 0 Å². The molecule has 0 saturated carbocycles. The molecule has 86 valence electrons. The first-order valence-corrected chi connectivity index (χ1v) is 4.72. The Morgan fingerprint density at radius 3 is 2.67 bits per heavy atom. The third-order valence-electron chi connectivity index (χ3n) is 1.85. The van der Waals surface area contributed by atoms with Crippen LogP contribution in [0.5, 0.6) is 0 Å². The van der Waals surface area contributed by atoms with Gasteiger partial charge in [0.05, 0.1) is 0 Å². The van der Waals surface area contributed by atoms with Crippen LogP contribution in [0.2, 0.25) is 0 Å². The summed E-state index contributed by atoms with van der Waals surface area (Å²) in [6, 6.07) is -0.924. The van der Waals surface area contributed by atoms with Crippen LogP contribution in [0.25, 0.3) is 0 Å². The zero-order valence-electron chi connectivity index (χ0n) is 8.81. The first-order valence-electron chi connectivity index (χ1n) is 4.72. The minimum Gasteiger partial charge on any atom is -0.480 e. The molecule has 0 aromatic carbocycles. The van der Waals surface area contributed by atoms with Crippen LogP contribution in [0.15, 0.2) is 12.7 Å². The predicted octanol–water partition coefficient (Wildman–Crippen LogP) is 0.544. The number of ether oxygens (including phenoxy) is 1. The number of carboxylic acids is 1. The van der Waals surface area contributed by atoms with E-state index in [9.17, 15) is 9.59 Å². The smallest absolute Gasteiger partial charge is 0.320 e. The van der Waals surface area contributed by atoms with Gasteiger partial charge in [-0.2, -0.15) is 0 Å². The largest absolute Gasteiger partial charge is 0.480 e. The number of rotatable bonds is 7. The van der Waals surface area contributed by atoms with Crippen molar-refractivity contribution in [3.63, 3.8) is 0 Å². The summed E-state index contributed by atoms with van der Waals surface area (Å²) in [5, 5.41) is 8.55. The number of carboxylic acid groups (broad SMARTS) is 1. The molecule has 15 heavy (non-hydrogen) atoms. The summed E-state index contributed by atoms with van der Waals surface area (Å²) < 4.78 is 4.76. The second-order valence-corrected chi connectivity index (χ2v) is 3.46. The van der Waals surface area contributed by atoms with Crippen LogP contribution in [-0.4, -0.2) is 29.7 Å². The van der Waals surface area contributed by atoms with E-state index in [1.807, 2.05) is 0 Å². The van der Waals surface area contributed by atoms with E-state index in [1.54, 1.807) is 6.92 Å². The third kappa shape index (κ3) is 6.68. The first kappa shape index (κ1) is 13.6. The van der Waals surface area contributed by atoms with E-state index >= 15 is 0 Å². The molecule has 0 bridgehead atoms. The fourth-order valence-electron chi connectivity index (χ4n) is 1.11. The van der Waals surface area contributed by atoms with Crippen LogP contribution in [0, 0.1) is 5.92 Å². The van der Waals surface area contributed by atoms with E-state index in [-0.39, 0.29) is 31.3 Å². The highest BCUT2D eigenvalue weighted by molar-refractivity contribution is 5.73. The molecule has 5 heteroatoms. The standard InChI is InChI=1S/C10H17NO4/c1-3-4-15-9(12)6-7(2)5-8(11)10(13)14/h3,7-8H,1,4-6,11H2,2H3,(H,13,14)/t7?,8-/m0/s1. The van der Waals surface area contributed by atoms with Gasteiger partial charge in [0.1, 0.15) is 12.6 Å². The van der Waals surface area contributed by atoms with Gasteiger partial charge in [-0.25, -0.2) is 0 Å². The summed E-state index contributed by atoms with van der Waals surface area (Å²) in [4.78, 5) is 21.5. The monoisotopic (exact) mass is 215 g/mol. The maximum absolute atomic E-state index is 11.1. The van der Waals surface area contributed by atoms with Crippen LogP contribution in [0.3, 0.4) is 0 Å². The van der Waals surface area contributed by atoms with Crippen molar-refractivity contribution >= 4 is 11.9 Å². The number of carbonyl (C=O) groups is 2. The van der Waals surface area contributed by atoms with Gasteiger partial charge in [0, 0.05) is 6.42 Å². The first-order chi connectivity index (χ1) is 6.97. The van der Waals surface area contributed by atoms with Gasteiger partial charge in [0.25, 0.3) is 0 Å². The minimum absolute atomic E-state index is 0.103. The van der Waals surface area contributed by atoms with Crippen molar-refractivity contribution in [3.05, 3.63) is 12.7 Å². The Bertz CT molecular complexity index is 240. The molecular formula is C10H17NO4. The van der Waals surface area contributed by atoms with Gasteiger partial charge in [0.2, 0.25) is 0 Å². The molecule has 0 heterocycles. The second kappa shape index (κ2) is 7.00. The Labute approximate surface area is 88.9 Å². The highest BCUT2D eigenvalue weighted by atomic mass is 16.5. The van der Waals surface area contributed by atoms with E-state index in [0.29, 0.717) is 0 Å². The SMILES string of the molecule is C=CCOC(=O)CC(C)C[C@H](N)C(=O)O. The number of hydrogen-bond acceptors (Lipinski definition) is 4. The Kier molecular flexibility index (Phi) is 6.37. The summed E-state index contributed by atoms with van der Waals surface area (Å²) in [7, 11) is 0. The Hall–Kier alpha value is -1.36. The molecule has 0 radical (unpaired) electrons. The van der Waals surface area contributed by atoms with Crippen LogP contribution in [0.1, 0.15) is 19.8 Å². The van der Waals surface area contributed by atoms with Crippen LogP contribution in [0.4, 0.5) is 0 Å². The van der Waals surface area contributed by atoms with Crippen LogP contribution >= 0.6 is 0 Å². The summed E-state index contributed by atoms with van der Waals surface area (Å²) in [6.07, 6.45) is 1.92. The van der Waals surface area contributed by atoms with Crippen molar-refractivity contribution in [2.75, 3.05) is 6.61 Å². The van der Waals surface area contributed by atoms with Gasteiger partial charge in [-0.3, -0.25) is 9.59 Å². The highest BCUT2D eigenvalue weighted by Gasteiger charge is 2.18. The fourth-order valence-corrected chi connectivity index (χ4v) is 1.11. The molecule has 0 aliphatic rings. The molecular weight excluding hydrogens is 198 g/mol. The topological polar surface area (TPSA) is 89.6 Å². The Balaban J connectivity index is 3.82. The lowest BCUT2D eigenvalue weighted by atomic mass is 9.99. The summed E-state index contributed by atoms with van der Waals surface area (Å²) in [5.74, 6) is -1.52. The van der Waals surface area contributed by atoms with Crippen molar-refractivity contribution < 1.29 is 19.4 Å². The van der Waals surface area contributed by atoms with E-state index in [2.05, 4.69) is 6.58 Å². The maximum atomic E-state index is 11.1. The molecule has 0 aromatic heterocycles. The Morgan fingerprint density at radius 2 is 2.20 bits per heavy atom. The van der Waals surface area contributed by atoms with Crippen LogP contribution < -0.4 is 5.73 Å². The normalized spacial score (nSPS) is 14.0. The van der Waals surface area contributed by atoms with Crippen molar-refractivity contribution in [1.82, 2.24) is 0 Å². The zero-order valence-corrected chi connectivity index (χ0v) is 8.81. The number of nitrogens with two attached hydrogens (primary N) is 1. The fraction of sp³-hybridized carbons (Fsp3) is 0.600. The Morgan fingerprint density at radius 1 is 1.60 bits per heavy atom. The molecule has 0 amide bonds. The zero-order chi connectivity index (χ0) is 11.8. The van der Waals surface area contributed by atoms with Gasteiger partial charge in [-0.1, -0.05) is 19.6 Å². The van der Waals surface area contributed by atoms with Crippen molar-refractivity contribution in [3.8, 4) is 0 Å². The minimum atomic E-state index is -1.05. The average molecular weight is 215 g/mol. The molecule has 2 atom stereocenters. The quantitative estimate of drug-likeness (QED) is 0.478. The lowest BCUT2D eigenvalue weighted by molar-refractivity contribution is -0.144. The molecule has 0 aromatic rings. The molecule has 3 N–H and O–H groups in total. The highest BCUT2D eigenvalue weighted by Crippen LogP contribution is 2.10. The van der Waals surface area contributed by atoms with Gasteiger partial charge in [-0.15, -0.1) is 0 Å². The molecule has 0 saturated heterocycles. The van der Waals surface area contributed by atoms with Crippen molar-refractivity contribution in [2.24, 2.45) is 11.7 Å². The maximum Gasteiger partial charge on any atom is 0.320 e. The number of aliphatic carboxylic acids is 1. The summed E-state index contributed by atoms with van der Waals surface area (Å²) in [5.41, 5.74) is 5.33. The van der Waals surface area contributed by atoms with E-state index in [1.165, 1.54) is 6.08 Å². The van der Waals surface area contributed by atoms with E-state index in [0.717, 1.165) is 0 Å². The molecule has 5 nitrogen and oxygen atoms in total. The molecule has 0 aliphatic carbocycles. The van der Waals surface area contributed by atoms with Gasteiger partial charge in [0.15, 0.2) is 0 Å². The average Bonchev–Trinajstić information content (AvgIpc) is 2.14. The lowest BCUT2D eigenvalue weighted by Gasteiger charge is -2.12. The molecule has 0 fully saturated rings. The lowest BCUT2D eigenvalue weighted by Crippen LogP contribution is -2.32. The second-order valence-electron chi connectivity index (χ2n) is 3.46. The number of carbonyl (C=O) groups excluding carboxylic acids is 1. The summed E-state index contributed by atoms with van der Waals surface area (Å²) in [6.45, 7) is 5.35. The molecule has 0 rings (SSSR count). The molecule has 1 unspecified atom stereocenters. The third-order valence-corrected chi connectivity index (χ3v) is 1.85. The summed E-state index contributed by atoms with van der Waals surface area (Å²) >= 11 is 0. The van der Waals surface area contributed by atoms with Gasteiger partial charge >= 0.3 is 11.9 Å². The number of esters is 1.